The van der Waals surface area contributed by atoms with E-state index in [9.17, 15) is 8.78 Å². The molecule has 1 saturated carbocycles. The highest BCUT2D eigenvalue weighted by molar-refractivity contribution is 6.30. The van der Waals surface area contributed by atoms with Crippen LogP contribution in [0.5, 0.6) is 0 Å². The summed E-state index contributed by atoms with van der Waals surface area (Å²) in [7, 11) is 5.49. The predicted octanol–water partition coefficient (Wildman–Crippen LogP) is 4.08. The quantitative estimate of drug-likeness (QED) is 0.786. The van der Waals surface area contributed by atoms with Crippen molar-refractivity contribution < 1.29 is 8.78 Å². The molecule has 0 bridgehead atoms. The first kappa shape index (κ1) is 18.8. The normalized spacial score (nSPS) is 23.0. The minimum Gasteiger partial charge on any atom is -0.266 e. The van der Waals surface area contributed by atoms with Gasteiger partial charge in [0.05, 0.1) is 16.8 Å². The number of hydrogen-bond donors (Lipinski definition) is 0. The summed E-state index contributed by atoms with van der Waals surface area (Å²) in [5.74, 6) is -1.71. The summed E-state index contributed by atoms with van der Waals surface area (Å²) in [6.45, 7) is 11.7. The van der Waals surface area contributed by atoms with Gasteiger partial charge in [-0.05, 0) is 32.8 Å². The van der Waals surface area contributed by atoms with Crippen molar-refractivity contribution >= 4 is 19.5 Å². The molecule has 2 radical (unpaired) electrons. The van der Waals surface area contributed by atoms with E-state index in [2.05, 4.69) is 30.7 Å². The first-order valence-electron chi connectivity index (χ1n) is 7.69. The molecule has 0 N–H and O–H groups in total. The molecule has 1 aliphatic rings. The Morgan fingerprint density at radius 3 is 2.32 bits per heavy atom. The van der Waals surface area contributed by atoms with Crippen LogP contribution in [0.15, 0.2) is 11.8 Å². The Morgan fingerprint density at radius 2 is 1.95 bits per heavy atom. The molecule has 5 heteroatoms. The van der Waals surface area contributed by atoms with E-state index in [1.165, 1.54) is 12.6 Å². The highest BCUT2D eigenvalue weighted by atomic mass is 19.3. The maximum Gasteiger partial charge on any atom is 0.258 e. The van der Waals surface area contributed by atoms with E-state index in [1.807, 2.05) is 0 Å². The van der Waals surface area contributed by atoms with Gasteiger partial charge >= 0.3 is 0 Å². The van der Waals surface area contributed by atoms with Gasteiger partial charge in [0.25, 0.3) is 5.92 Å². The number of nitrogens with zero attached hydrogens (tertiary/aromatic N) is 2. The minimum atomic E-state index is -2.59. The highest BCUT2D eigenvalue weighted by Crippen LogP contribution is 2.64. The molecule has 22 heavy (non-hydrogen) atoms. The molecule has 1 aliphatic carbocycles. The summed E-state index contributed by atoms with van der Waals surface area (Å²) in [5.41, 5.74) is 1.19. The maximum atomic E-state index is 13.2. The molecule has 1 heterocycles. The molecule has 0 aromatic carbocycles. The standard InChI is InChI=1S/C12H13BF2N2.C5H12/c1-7(11(3)6-12(11,14)15)4-9-8(2)17-10(13)5-16-9;1-4-5(2)3/h4-5H,6H2,1-3H3;5H,4H2,1-3H3/b7-4+;. The van der Waals surface area contributed by atoms with Crippen LogP contribution >= 0.6 is 0 Å². The van der Waals surface area contributed by atoms with Crippen LogP contribution in [0.2, 0.25) is 0 Å². The number of halogens is 2. The van der Waals surface area contributed by atoms with Gasteiger partial charge in [0, 0.05) is 18.2 Å². The summed E-state index contributed by atoms with van der Waals surface area (Å²) in [4.78, 5) is 8.15. The summed E-state index contributed by atoms with van der Waals surface area (Å²) in [6.07, 6.45) is 4.31. The van der Waals surface area contributed by atoms with Crippen molar-refractivity contribution in [3.05, 3.63) is 23.2 Å². The second-order valence-corrected chi connectivity index (χ2v) is 6.61. The van der Waals surface area contributed by atoms with Crippen LogP contribution in [0.1, 0.15) is 58.8 Å². The van der Waals surface area contributed by atoms with Crippen LogP contribution in [-0.2, 0) is 0 Å². The monoisotopic (exact) mass is 306 g/mol. The Labute approximate surface area is 133 Å². The van der Waals surface area contributed by atoms with Gasteiger partial charge in [-0.15, -0.1) is 0 Å². The van der Waals surface area contributed by atoms with Gasteiger partial charge in [-0.1, -0.05) is 32.8 Å². The van der Waals surface area contributed by atoms with Crippen molar-refractivity contribution in [3.8, 4) is 0 Å². The summed E-state index contributed by atoms with van der Waals surface area (Å²) >= 11 is 0. The zero-order chi connectivity index (χ0) is 17.1. The summed E-state index contributed by atoms with van der Waals surface area (Å²) in [5, 5.41) is 0. The first-order chi connectivity index (χ1) is 10.0. The van der Waals surface area contributed by atoms with E-state index >= 15 is 0 Å². The fraction of sp³-hybridized carbons (Fsp3) is 0.647. The Balaban J connectivity index is 0.000000422. The molecule has 2 rings (SSSR count). The lowest BCUT2D eigenvalue weighted by atomic mass is 9.97. The van der Waals surface area contributed by atoms with Crippen LogP contribution < -0.4 is 5.59 Å². The van der Waals surface area contributed by atoms with Gasteiger partial charge in [-0.3, -0.25) is 9.97 Å². The van der Waals surface area contributed by atoms with Gasteiger partial charge in [0.15, 0.2) is 0 Å². The third-order valence-corrected chi connectivity index (χ3v) is 4.30. The van der Waals surface area contributed by atoms with E-state index in [0.29, 0.717) is 22.6 Å². The summed E-state index contributed by atoms with van der Waals surface area (Å²) in [6, 6.07) is 0. The lowest BCUT2D eigenvalue weighted by Gasteiger charge is -2.11. The zero-order valence-corrected chi connectivity index (χ0v) is 14.4. The fourth-order valence-electron chi connectivity index (χ4n) is 1.84. The fourth-order valence-corrected chi connectivity index (χ4v) is 1.84. The molecule has 1 atom stereocenters. The van der Waals surface area contributed by atoms with Crippen molar-refractivity contribution in [2.45, 2.75) is 60.3 Å². The number of aromatic nitrogens is 2. The topological polar surface area (TPSA) is 25.8 Å². The van der Waals surface area contributed by atoms with E-state index in [0.717, 1.165) is 5.92 Å². The van der Waals surface area contributed by atoms with Gasteiger partial charge in [-0.25, -0.2) is 8.78 Å². The molecule has 2 nitrogen and oxygen atoms in total. The molecule has 120 valence electrons. The zero-order valence-electron chi connectivity index (χ0n) is 14.4. The third kappa shape index (κ3) is 4.37. The average molecular weight is 306 g/mol. The SMILES string of the molecule is CCC(C)C.[B]c1cnc(/C=C(\C)C2(C)CC2(F)F)c(C)n1. The minimum absolute atomic E-state index is 0.0935. The second-order valence-electron chi connectivity index (χ2n) is 6.61. The van der Waals surface area contributed by atoms with Crippen LogP contribution in [0.25, 0.3) is 6.08 Å². The van der Waals surface area contributed by atoms with Crippen LogP contribution in [0.4, 0.5) is 8.78 Å². The van der Waals surface area contributed by atoms with Crippen molar-refractivity contribution in [3.63, 3.8) is 0 Å². The number of rotatable bonds is 3. The average Bonchev–Trinajstić information content (AvgIpc) is 2.94. The van der Waals surface area contributed by atoms with E-state index in [4.69, 9.17) is 7.85 Å². The number of alkyl halides is 2. The Hall–Kier alpha value is -1.26. The van der Waals surface area contributed by atoms with E-state index < -0.39 is 11.3 Å². The number of aryl methyl sites for hydroxylation is 1. The molecule has 0 saturated heterocycles. The van der Waals surface area contributed by atoms with E-state index in [1.54, 1.807) is 26.8 Å². The highest BCUT2D eigenvalue weighted by Gasteiger charge is 2.68. The van der Waals surface area contributed by atoms with Crippen molar-refractivity contribution in [1.29, 1.82) is 0 Å². The third-order valence-electron chi connectivity index (χ3n) is 4.30. The van der Waals surface area contributed by atoms with Crippen molar-refractivity contribution in [2.24, 2.45) is 11.3 Å². The molecule has 1 aromatic heterocycles. The molecule has 0 aliphatic heterocycles. The molecule has 0 spiro atoms. The van der Waals surface area contributed by atoms with Gasteiger partial charge in [0.2, 0.25) is 0 Å². The Bertz CT molecular complexity index is 556. The van der Waals surface area contributed by atoms with Crippen LogP contribution in [0.3, 0.4) is 0 Å². The lowest BCUT2D eigenvalue weighted by molar-refractivity contribution is 0.0815. The molecule has 1 aromatic rings. The Kier molecular flexibility index (Phi) is 5.88. The molecule has 0 amide bonds. The first-order valence-corrected chi connectivity index (χ1v) is 7.69. The molecule has 1 fully saturated rings. The largest absolute Gasteiger partial charge is 0.266 e. The van der Waals surface area contributed by atoms with Gasteiger partial charge in [0.1, 0.15) is 7.85 Å². The molecular formula is C17H25BF2N2. The Morgan fingerprint density at radius 1 is 1.45 bits per heavy atom. The van der Waals surface area contributed by atoms with E-state index in [-0.39, 0.29) is 6.42 Å². The van der Waals surface area contributed by atoms with Gasteiger partial charge in [-0.2, -0.15) is 0 Å². The summed E-state index contributed by atoms with van der Waals surface area (Å²) < 4.78 is 26.4. The van der Waals surface area contributed by atoms with Crippen molar-refractivity contribution in [1.82, 2.24) is 9.97 Å². The maximum absolute atomic E-state index is 13.2. The smallest absolute Gasteiger partial charge is 0.258 e. The van der Waals surface area contributed by atoms with Gasteiger partial charge < -0.3 is 0 Å². The predicted molar refractivity (Wildman–Crippen MR) is 88.6 cm³/mol. The second kappa shape index (κ2) is 6.88. The van der Waals surface area contributed by atoms with Crippen molar-refractivity contribution in [2.75, 3.05) is 0 Å². The lowest BCUT2D eigenvalue weighted by Crippen LogP contribution is -2.12. The van der Waals surface area contributed by atoms with Crippen LogP contribution in [-0.4, -0.2) is 23.7 Å². The molecular weight excluding hydrogens is 281 g/mol. The number of hydrogen-bond acceptors (Lipinski definition) is 2. The number of allylic oxidation sites excluding steroid dienone is 1. The molecule has 1 unspecified atom stereocenters. The van der Waals surface area contributed by atoms with Crippen LogP contribution in [0, 0.1) is 18.3 Å².